The molecule has 2 aliphatic rings. The van der Waals surface area contributed by atoms with E-state index in [1.165, 1.54) is 4.90 Å². The summed E-state index contributed by atoms with van der Waals surface area (Å²) in [5.74, 6) is -0.921. The molecule has 2 aromatic rings. The van der Waals surface area contributed by atoms with Gasteiger partial charge in [-0.3, -0.25) is 9.59 Å². The Bertz CT molecular complexity index is 1050. The van der Waals surface area contributed by atoms with E-state index >= 15 is 0 Å². The van der Waals surface area contributed by atoms with Crippen molar-refractivity contribution in [1.82, 2.24) is 14.5 Å². The molecule has 1 aliphatic carbocycles. The molecular weight excluding hydrogens is 382 g/mol. The fraction of sp³-hybridized carbons (Fsp3) is 0.522. The van der Waals surface area contributed by atoms with Gasteiger partial charge in [0, 0.05) is 25.0 Å². The van der Waals surface area contributed by atoms with Gasteiger partial charge in [-0.2, -0.15) is 4.98 Å². The highest BCUT2D eigenvalue weighted by molar-refractivity contribution is 5.95. The van der Waals surface area contributed by atoms with E-state index in [1.807, 2.05) is 20.8 Å². The van der Waals surface area contributed by atoms with Crippen LogP contribution in [0.5, 0.6) is 5.75 Å². The van der Waals surface area contributed by atoms with Crippen molar-refractivity contribution >= 4 is 5.91 Å². The third-order valence-electron chi connectivity index (χ3n) is 6.88. The predicted octanol–water partition coefficient (Wildman–Crippen LogP) is 2.59. The van der Waals surface area contributed by atoms with E-state index in [0.717, 1.165) is 42.4 Å². The molecule has 1 saturated carbocycles. The maximum Gasteiger partial charge on any atom is 0.316 e. The number of likely N-dealkylation sites (N-methyl/N-ethyl adjacent to an activating group) is 1. The minimum Gasteiger partial charge on any atom is -0.501 e. The Morgan fingerprint density at radius 3 is 2.33 bits per heavy atom. The summed E-state index contributed by atoms with van der Waals surface area (Å²) in [7, 11) is 1.64. The molecule has 0 radical (unpaired) electrons. The Kier molecular flexibility index (Phi) is 4.97. The minimum absolute atomic E-state index is 0.0850. The molecule has 1 aromatic carbocycles. The summed E-state index contributed by atoms with van der Waals surface area (Å²) in [5.41, 5.74) is 1.73. The van der Waals surface area contributed by atoms with E-state index in [0.29, 0.717) is 6.54 Å². The van der Waals surface area contributed by atoms with Gasteiger partial charge >= 0.3 is 5.56 Å². The van der Waals surface area contributed by atoms with Crippen LogP contribution in [-0.4, -0.2) is 43.7 Å². The zero-order valence-electron chi connectivity index (χ0n) is 18.0. The number of benzene rings is 1. The Morgan fingerprint density at radius 1 is 1.13 bits per heavy atom. The van der Waals surface area contributed by atoms with Crippen LogP contribution in [0.25, 0.3) is 0 Å². The normalized spacial score (nSPS) is 21.6. The summed E-state index contributed by atoms with van der Waals surface area (Å²) < 4.78 is 1.55. The Morgan fingerprint density at radius 2 is 1.73 bits per heavy atom. The highest BCUT2D eigenvalue weighted by Crippen LogP contribution is 2.50. The molecule has 2 N–H and O–H groups in total. The SMILES string of the molecule is Cc1cc(C)cc(C2([C@@H](O)c3nc(=O)c(O)c4n3C[C@H](C)N(C)C4=O)CCCC2)c1. The van der Waals surface area contributed by atoms with Crippen LogP contribution >= 0.6 is 0 Å². The van der Waals surface area contributed by atoms with Gasteiger partial charge in [0.1, 0.15) is 11.9 Å². The number of nitrogens with zero attached hydrogens (tertiary/aromatic N) is 3. The van der Waals surface area contributed by atoms with Crippen molar-refractivity contribution in [3.05, 3.63) is 56.8 Å². The number of carbonyl (C=O) groups is 1. The molecule has 0 spiro atoms. The van der Waals surface area contributed by atoms with Gasteiger partial charge in [-0.1, -0.05) is 42.2 Å². The third kappa shape index (κ3) is 3.03. The lowest BCUT2D eigenvalue weighted by molar-refractivity contribution is 0.0554. The number of carbonyl (C=O) groups excluding carboxylic acids is 1. The zero-order chi connectivity index (χ0) is 21.8. The first-order valence-electron chi connectivity index (χ1n) is 10.5. The zero-order valence-corrected chi connectivity index (χ0v) is 18.0. The monoisotopic (exact) mass is 411 g/mol. The van der Waals surface area contributed by atoms with Gasteiger partial charge in [0.05, 0.1) is 0 Å². The fourth-order valence-corrected chi connectivity index (χ4v) is 5.16. The molecule has 2 heterocycles. The average Bonchev–Trinajstić information content (AvgIpc) is 3.18. The van der Waals surface area contributed by atoms with Gasteiger partial charge in [-0.05, 0) is 39.2 Å². The standard InChI is InChI=1S/C23H29N3O4/c1-13-9-14(2)11-16(10-13)23(7-5-6-8-23)19(28)20-24-21(29)18(27)17-22(30)25(4)15(3)12-26(17)20/h9-11,15,19,27-28H,5-8,12H2,1-4H3/t15-,19-/m0/s1. The summed E-state index contributed by atoms with van der Waals surface area (Å²) in [6.45, 7) is 6.31. The molecule has 4 rings (SSSR count). The molecule has 30 heavy (non-hydrogen) atoms. The number of fused-ring (bicyclic) bond motifs is 1. The van der Waals surface area contributed by atoms with E-state index in [2.05, 4.69) is 23.2 Å². The highest BCUT2D eigenvalue weighted by Gasteiger charge is 2.46. The van der Waals surface area contributed by atoms with Crippen molar-refractivity contribution in [2.75, 3.05) is 7.05 Å². The number of aromatic hydroxyl groups is 1. The Balaban J connectivity index is 1.92. The lowest BCUT2D eigenvalue weighted by Gasteiger charge is -2.39. The number of hydrogen-bond donors (Lipinski definition) is 2. The average molecular weight is 412 g/mol. The van der Waals surface area contributed by atoms with Crippen molar-refractivity contribution in [3.63, 3.8) is 0 Å². The van der Waals surface area contributed by atoms with Crippen molar-refractivity contribution in [2.24, 2.45) is 0 Å². The molecule has 0 saturated heterocycles. The number of aliphatic hydroxyl groups excluding tert-OH is 1. The summed E-state index contributed by atoms with van der Waals surface area (Å²) in [6, 6.07) is 6.14. The highest BCUT2D eigenvalue weighted by atomic mass is 16.3. The fourth-order valence-electron chi connectivity index (χ4n) is 5.16. The van der Waals surface area contributed by atoms with E-state index in [4.69, 9.17) is 0 Å². The van der Waals surface area contributed by atoms with E-state index in [1.54, 1.807) is 11.6 Å². The first-order valence-corrected chi connectivity index (χ1v) is 10.5. The topological polar surface area (TPSA) is 95.7 Å². The molecule has 160 valence electrons. The summed E-state index contributed by atoms with van der Waals surface area (Å²) in [6.07, 6.45) is 2.42. The van der Waals surface area contributed by atoms with Crippen molar-refractivity contribution in [3.8, 4) is 5.75 Å². The molecule has 1 aliphatic heterocycles. The second-order valence-corrected chi connectivity index (χ2v) is 8.99. The first-order chi connectivity index (χ1) is 14.2. The number of aromatic nitrogens is 2. The number of amides is 1. The number of aryl methyl sites for hydroxylation is 2. The number of hydrogen-bond acceptors (Lipinski definition) is 5. The molecule has 1 aromatic heterocycles. The molecule has 7 heteroatoms. The molecule has 1 fully saturated rings. The van der Waals surface area contributed by atoms with Crippen LogP contribution in [-0.2, 0) is 12.0 Å². The van der Waals surface area contributed by atoms with Crippen molar-refractivity contribution in [2.45, 2.75) is 70.6 Å². The lowest BCUT2D eigenvalue weighted by atomic mass is 9.73. The third-order valence-corrected chi connectivity index (χ3v) is 6.88. The maximum absolute atomic E-state index is 12.8. The van der Waals surface area contributed by atoms with Crippen molar-refractivity contribution < 1.29 is 15.0 Å². The van der Waals surface area contributed by atoms with Crippen LogP contribution < -0.4 is 5.56 Å². The smallest absolute Gasteiger partial charge is 0.316 e. The van der Waals surface area contributed by atoms with Crippen LogP contribution in [0.4, 0.5) is 0 Å². The number of rotatable bonds is 3. The quantitative estimate of drug-likeness (QED) is 0.809. The van der Waals surface area contributed by atoms with Crippen LogP contribution in [0.1, 0.15) is 71.7 Å². The molecule has 0 bridgehead atoms. The van der Waals surface area contributed by atoms with Gasteiger partial charge < -0.3 is 19.7 Å². The Hall–Kier alpha value is -2.67. The van der Waals surface area contributed by atoms with Crippen LogP contribution in [0.15, 0.2) is 23.0 Å². The minimum atomic E-state index is -1.06. The first kappa shape index (κ1) is 20.6. The Labute approximate surface area is 176 Å². The predicted molar refractivity (Wildman–Crippen MR) is 113 cm³/mol. The number of aliphatic hydroxyl groups is 1. The van der Waals surface area contributed by atoms with E-state index in [-0.39, 0.29) is 17.6 Å². The van der Waals surface area contributed by atoms with Gasteiger partial charge in [0.25, 0.3) is 5.91 Å². The van der Waals surface area contributed by atoms with Crippen LogP contribution in [0.2, 0.25) is 0 Å². The second kappa shape index (κ2) is 7.23. The van der Waals surface area contributed by atoms with E-state index in [9.17, 15) is 19.8 Å². The van der Waals surface area contributed by atoms with Crippen molar-refractivity contribution in [1.29, 1.82) is 0 Å². The van der Waals surface area contributed by atoms with Crippen LogP contribution in [0.3, 0.4) is 0 Å². The van der Waals surface area contributed by atoms with E-state index < -0.39 is 28.7 Å². The second-order valence-electron chi connectivity index (χ2n) is 8.99. The summed E-state index contributed by atoms with van der Waals surface area (Å²) in [4.78, 5) is 30.9. The summed E-state index contributed by atoms with van der Waals surface area (Å²) in [5, 5.41) is 22.0. The molecule has 1 amide bonds. The molecule has 7 nitrogen and oxygen atoms in total. The van der Waals surface area contributed by atoms with Gasteiger partial charge in [0.15, 0.2) is 5.69 Å². The van der Waals surface area contributed by atoms with Crippen LogP contribution in [0, 0.1) is 13.8 Å². The largest absolute Gasteiger partial charge is 0.501 e. The lowest BCUT2D eigenvalue weighted by Crippen LogP contribution is -2.47. The maximum atomic E-state index is 12.8. The molecule has 2 atom stereocenters. The summed E-state index contributed by atoms with van der Waals surface area (Å²) >= 11 is 0. The molecular formula is C23H29N3O4. The van der Waals surface area contributed by atoms with Gasteiger partial charge in [0.2, 0.25) is 5.75 Å². The van der Waals surface area contributed by atoms with Gasteiger partial charge in [-0.15, -0.1) is 0 Å². The van der Waals surface area contributed by atoms with Gasteiger partial charge in [-0.25, -0.2) is 0 Å². The molecule has 0 unspecified atom stereocenters.